The van der Waals surface area contributed by atoms with Gasteiger partial charge in [0, 0.05) is 19.4 Å². The van der Waals surface area contributed by atoms with Crippen molar-refractivity contribution < 1.29 is 37.9 Å². The van der Waals surface area contributed by atoms with Gasteiger partial charge in [0.2, 0.25) is 5.91 Å². The second-order valence-corrected chi connectivity index (χ2v) is 17.2. The fourth-order valence-corrected chi connectivity index (χ4v) is 7.33. The highest BCUT2D eigenvalue weighted by Crippen LogP contribution is 2.42. The first-order valence-corrected chi connectivity index (χ1v) is 25.0. The van der Waals surface area contributed by atoms with Crippen LogP contribution in [0.25, 0.3) is 0 Å². The van der Waals surface area contributed by atoms with E-state index in [1.165, 1.54) is 128 Å². The number of allylic oxidation sites excluding steroid dienone is 6. The Morgan fingerprint density at radius 2 is 1.00 bits per heavy atom. The molecule has 9 nitrogen and oxygen atoms in total. The van der Waals surface area contributed by atoms with Crippen LogP contribution < -0.4 is 5.32 Å². The first-order valence-electron chi connectivity index (χ1n) is 23.5. The summed E-state index contributed by atoms with van der Waals surface area (Å²) in [5, 5.41) is 12.7. The molecule has 0 aromatic carbocycles. The Labute approximate surface area is 350 Å². The number of aliphatic hydroxyl groups excluding tert-OH is 1. The summed E-state index contributed by atoms with van der Waals surface area (Å²) in [6, 6.07) is 0. The van der Waals surface area contributed by atoms with Gasteiger partial charge in [0.25, 0.3) is 0 Å². The molecule has 334 valence electrons. The smallest absolute Gasteiger partial charge is 0.463 e. The van der Waals surface area contributed by atoms with Crippen LogP contribution in [-0.4, -0.2) is 54.3 Å². The van der Waals surface area contributed by atoms with Crippen molar-refractivity contribution in [2.45, 2.75) is 225 Å². The molecule has 0 aliphatic rings. The van der Waals surface area contributed by atoms with Gasteiger partial charge in [-0.05, 0) is 44.9 Å². The molecular formula is C47H88NO8P. The Morgan fingerprint density at radius 1 is 0.561 bits per heavy atom. The van der Waals surface area contributed by atoms with Crippen molar-refractivity contribution in [2.24, 2.45) is 0 Å². The number of hydrogen-bond donors (Lipinski definition) is 3. The third-order valence-electron chi connectivity index (χ3n) is 10.1. The molecule has 0 spiro atoms. The molecule has 0 saturated carbocycles. The highest BCUT2D eigenvalue weighted by molar-refractivity contribution is 7.47. The third kappa shape index (κ3) is 45.2. The summed E-state index contributed by atoms with van der Waals surface area (Å²) in [6.45, 7) is 3.43. The minimum atomic E-state index is -4.42. The Morgan fingerprint density at radius 3 is 1.51 bits per heavy atom. The van der Waals surface area contributed by atoms with E-state index in [0.29, 0.717) is 6.42 Å². The molecule has 57 heavy (non-hydrogen) atoms. The van der Waals surface area contributed by atoms with Crippen LogP contribution >= 0.6 is 7.82 Å². The zero-order valence-corrected chi connectivity index (χ0v) is 37.7. The van der Waals surface area contributed by atoms with Crippen molar-refractivity contribution in [3.05, 3.63) is 36.5 Å². The maximum Gasteiger partial charge on any atom is 0.472 e. The van der Waals surface area contributed by atoms with Gasteiger partial charge in [-0.3, -0.25) is 18.6 Å². The van der Waals surface area contributed by atoms with Crippen molar-refractivity contribution >= 4 is 19.7 Å². The lowest BCUT2D eigenvalue weighted by Gasteiger charge is -2.15. The number of esters is 1. The summed E-state index contributed by atoms with van der Waals surface area (Å²) in [4.78, 5) is 33.9. The number of phosphoric ester groups is 1. The number of phosphoric acid groups is 1. The van der Waals surface area contributed by atoms with Gasteiger partial charge in [-0.1, -0.05) is 198 Å². The van der Waals surface area contributed by atoms with Gasteiger partial charge in [-0.25, -0.2) is 4.57 Å². The van der Waals surface area contributed by atoms with Gasteiger partial charge in [-0.2, -0.15) is 0 Å². The lowest BCUT2D eigenvalue weighted by atomic mass is 10.0. The van der Waals surface area contributed by atoms with E-state index in [0.717, 1.165) is 64.2 Å². The predicted molar refractivity (Wildman–Crippen MR) is 238 cm³/mol. The van der Waals surface area contributed by atoms with Crippen LogP contribution in [0.3, 0.4) is 0 Å². The molecule has 0 rings (SSSR count). The zero-order chi connectivity index (χ0) is 41.8. The lowest BCUT2D eigenvalue weighted by molar-refractivity contribution is -0.147. The van der Waals surface area contributed by atoms with E-state index in [2.05, 4.69) is 55.6 Å². The molecule has 0 aromatic heterocycles. The van der Waals surface area contributed by atoms with Gasteiger partial charge in [0.1, 0.15) is 12.7 Å². The maximum absolute atomic E-state index is 12.1. The molecule has 10 heteroatoms. The van der Waals surface area contributed by atoms with E-state index in [1.807, 2.05) is 0 Å². The minimum absolute atomic E-state index is 0.0665. The highest BCUT2D eigenvalue weighted by Gasteiger charge is 2.23. The highest BCUT2D eigenvalue weighted by atomic mass is 31.2. The van der Waals surface area contributed by atoms with E-state index < -0.39 is 26.5 Å². The number of amides is 1. The standard InChI is InChI=1S/C47H88NO8P/c1-3-5-7-9-11-13-15-17-18-19-20-21-22-23-24-25-26-28-30-32-34-36-38-40-47(51)54-43-45(49)44-56-57(52,53)55-42-41-48-46(50)39-37-35-33-31-29-27-16-14-12-10-8-6-4-2/h6,8,12,14,27,29,45,49H,3-5,7,9-11,13,15-26,28,30-44H2,1-2H3,(H,48,50)(H,52,53)/b8-6-,14-12-,29-27-. The van der Waals surface area contributed by atoms with Crippen molar-refractivity contribution in [2.75, 3.05) is 26.4 Å². The van der Waals surface area contributed by atoms with E-state index >= 15 is 0 Å². The SMILES string of the molecule is CC/C=C\C/C=C\C/C=C\CCCCCC(=O)NCCOP(=O)(O)OCC(O)COC(=O)CCCCCCCCCCCCCCCCCCCCCCCCC. The van der Waals surface area contributed by atoms with Gasteiger partial charge in [-0.15, -0.1) is 0 Å². The fraction of sp³-hybridized carbons (Fsp3) is 0.830. The van der Waals surface area contributed by atoms with Crippen LogP contribution in [0.5, 0.6) is 0 Å². The molecule has 2 atom stereocenters. The first-order chi connectivity index (χ1) is 27.8. The summed E-state index contributed by atoms with van der Waals surface area (Å²) in [7, 11) is -4.42. The molecule has 3 N–H and O–H groups in total. The maximum atomic E-state index is 12.1. The number of unbranched alkanes of at least 4 members (excludes halogenated alkanes) is 25. The first kappa shape index (κ1) is 55.2. The third-order valence-corrected chi connectivity index (χ3v) is 11.1. The Kier molecular flexibility index (Phi) is 42.4. The van der Waals surface area contributed by atoms with Crippen LogP contribution in [0.2, 0.25) is 0 Å². The second kappa shape index (κ2) is 43.8. The molecule has 0 aliphatic carbocycles. The molecule has 0 aromatic rings. The molecule has 0 saturated heterocycles. The van der Waals surface area contributed by atoms with Crippen molar-refractivity contribution in [1.82, 2.24) is 5.32 Å². The molecule has 1 amide bonds. The van der Waals surface area contributed by atoms with E-state index in [9.17, 15) is 24.2 Å². The molecule has 0 heterocycles. The van der Waals surface area contributed by atoms with Gasteiger partial charge < -0.3 is 20.1 Å². The van der Waals surface area contributed by atoms with Crippen LogP contribution in [0, 0.1) is 0 Å². The van der Waals surface area contributed by atoms with E-state index in [-0.39, 0.29) is 32.1 Å². The summed E-state index contributed by atoms with van der Waals surface area (Å²) >= 11 is 0. The van der Waals surface area contributed by atoms with Crippen LogP contribution in [-0.2, 0) is 27.9 Å². The normalized spacial score (nSPS) is 13.5. The number of aliphatic hydroxyl groups is 1. The number of carbonyl (C=O) groups is 2. The Balaban J connectivity index is 3.54. The minimum Gasteiger partial charge on any atom is -0.463 e. The van der Waals surface area contributed by atoms with Crippen LogP contribution in [0.4, 0.5) is 0 Å². The van der Waals surface area contributed by atoms with Crippen molar-refractivity contribution in [3.63, 3.8) is 0 Å². The molecule has 0 radical (unpaired) electrons. The Bertz CT molecular complexity index is 1030. The average molecular weight is 826 g/mol. The second-order valence-electron chi connectivity index (χ2n) is 15.7. The van der Waals surface area contributed by atoms with Gasteiger partial charge in [0.05, 0.1) is 13.2 Å². The lowest BCUT2D eigenvalue weighted by Crippen LogP contribution is -2.27. The monoisotopic (exact) mass is 826 g/mol. The molecule has 0 fully saturated rings. The molecule has 2 unspecified atom stereocenters. The molecular weight excluding hydrogens is 737 g/mol. The Hall–Kier alpha value is -1.77. The number of rotatable bonds is 44. The largest absolute Gasteiger partial charge is 0.472 e. The number of nitrogens with one attached hydrogen (secondary N) is 1. The summed E-state index contributed by atoms with van der Waals surface area (Å²) in [5.74, 6) is -0.540. The van der Waals surface area contributed by atoms with E-state index in [1.54, 1.807) is 0 Å². The van der Waals surface area contributed by atoms with Crippen LogP contribution in [0.15, 0.2) is 36.5 Å². The van der Waals surface area contributed by atoms with Gasteiger partial charge in [0.15, 0.2) is 0 Å². The zero-order valence-electron chi connectivity index (χ0n) is 36.8. The fourth-order valence-electron chi connectivity index (χ4n) is 6.57. The predicted octanol–water partition coefficient (Wildman–Crippen LogP) is 13.3. The number of ether oxygens (including phenoxy) is 1. The van der Waals surface area contributed by atoms with E-state index in [4.69, 9.17) is 13.8 Å². The summed E-state index contributed by atoms with van der Waals surface area (Å²) in [5.41, 5.74) is 0. The number of hydrogen-bond acceptors (Lipinski definition) is 7. The quantitative estimate of drug-likeness (QED) is 0.0239. The van der Waals surface area contributed by atoms with Crippen LogP contribution in [0.1, 0.15) is 219 Å². The summed E-state index contributed by atoms with van der Waals surface area (Å²) < 4.78 is 26.9. The average Bonchev–Trinajstić information content (AvgIpc) is 3.20. The summed E-state index contributed by atoms with van der Waals surface area (Å²) in [6.07, 6.45) is 49.5. The van der Waals surface area contributed by atoms with Crippen molar-refractivity contribution in [1.29, 1.82) is 0 Å². The number of carbonyl (C=O) groups excluding carboxylic acids is 2. The topological polar surface area (TPSA) is 131 Å². The van der Waals surface area contributed by atoms with Gasteiger partial charge >= 0.3 is 13.8 Å². The molecule has 0 aliphatic heterocycles. The molecule has 0 bridgehead atoms. The van der Waals surface area contributed by atoms with Crippen molar-refractivity contribution in [3.8, 4) is 0 Å².